The Kier molecular flexibility index (Phi) is 3.79. The fraction of sp³-hybridized carbons (Fsp3) is 0.0500. The molecule has 0 saturated carbocycles. The van der Waals surface area contributed by atoms with Gasteiger partial charge in [-0.15, -0.1) is 6.58 Å². The van der Waals surface area contributed by atoms with Crippen LogP contribution in [0.25, 0.3) is 27.9 Å². The van der Waals surface area contributed by atoms with E-state index in [0.29, 0.717) is 6.54 Å². The predicted octanol–water partition coefficient (Wildman–Crippen LogP) is 3.95. The lowest BCUT2D eigenvalue weighted by Gasteiger charge is -2.03. The molecule has 1 amide bonds. The van der Waals surface area contributed by atoms with E-state index in [1.807, 2.05) is 36.4 Å². The molecule has 0 unspecified atom stereocenters. The molecule has 4 rings (SSSR count). The van der Waals surface area contributed by atoms with Gasteiger partial charge in [0.25, 0.3) is 5.17 Å². The van der Waals surface area contributed by atoms with Crippen molar-refractivity contribution in [2.75, 3.05) is 0 Å². The number of fused-ring (bicyclic) bond motifs is 3. The second kappa shape index (κ2) is 6.14. The first-order chi connectivity index (χ1) is 12.6. The Bertz CT molecular complexity index is 1170. The van der Waals surface area contributed by atoms with Gasteiger partial charge in [-0.25, -0.2) is 0 Å². The van der Waals surface area contributed by atoms with Gasteiger partial charge in [0.05, 0.1) is 0 Å². The second-order valence-corrected chi connectivity index (χ2v) is 6.16. The van der Waals surface area contributed by atoms with Crippen LogP contribution in [0.15, 0.2) is 60.9 Å². The van der Waals surface area contributed by atoms with Crippen molar-refractivity contribution in [1.82, 2.24) is 9.47 Å². The largest absolute Gasteiger partial charge is 0.425 e. The fourth-order valence-electron chi connectivity index (χ4n) is 3.19. The lowest BCUT2D eigenvalue weighted by atomic mass is 10.1. The van der Waals surface area contributed by atoms with Crippen LogP contribution in [0.4, 0.5) is 0 Å². The maximum absolute atomic E-state index is 12.1. The molecule has 1 aliphatic rings. The summed E-state index contributed by atoms with van der Waals surface area (Å²) in [7, 11) is 0. The van der Waals surface area contributed by atoms with Crippen molar-refractivity contribution in [3.05, 3.63) is 66.4 Å². The minimum absolute atomic E-state index is 0.0470. The SMILES string of the molecule is C=CCn1c2ccccc2c2cc(/C=C3/OC(=S)N(C#N)C3=O)ccc21. The molecule has 26 heavy (non-hydrogen) atoms. The molecule has 1 saturated heterocycles. The number of amides is 1. The minimum atomic E-state index is -0.549. The zero-order valence-electron chi connectivity index (χ0n) is 13.7. The average Bonchev–Trinajstić information content (AvgIpc) is 3.10. The van der Waals surface area contributed by atoms with Crippen LogP contribution >= 0.6 is 12.2 Å². The topological polar surface area (TPSA) is 58.3 Å². The van der Waals surface area contributed by atoms with E-state index in [1.165, 1.54) is 0 Å². The number of nitrogens with zero attached hydrogens (tertiary/aromatic N) is 3. The summed E-state index contributed by atoms with van der Waals surface area (Å²) in [6.07, 6.45) is 5.18. The highest BCUT2D eigenvalue weighted by Gasteiger charge is 2.33. The number of benzene rings is 2. The molecular formula is C20H13N3O2S. The Hall–Kier alpha value is -3.43. The van der Waals surface area contributed by atoms with Gasteiger partial charge >= 0.3 is 5.91 Å². The van der Waals surface area contributed by atoms with Gasteiger partial charge in [0.2, 0.25) is 0 Å². The highest BCUT2D eigenvalue weighted by atomic mass is 32.1. The van der Waals surface area contributed by atoms with Gasteiger partial charge < -0.3 is 9.30 Å². The molecule has 2 aromatic carbocycles. The van der Waals surface area contributed by atoms with Crippen molar-refractivity contribution in [2.45, 2.75) is 6.54 Å². The first-order valence-electron chi connectivity index (χ1n) is 7.93. The average molecular weight is 359 g/mol. The van der Waals surface area contributed by atoms with E-state index in [1.54, 1.807) is 12.3 Å². The molecule has 0 radical (unpaired) electrons. The third kappa shape index (κ3) is 2.38. The molecule has 126 valence electrons. The molecule has 0 N–H and O–H groups in total. The molecule has 0 bridgehead atoms. The van der Waals surface area contributed by atoms with Crippen LogP contribution in [0.2, 0.25) is 0 Å². The van der Waals surface area contributed by atoms with Crippen LogP contribution < -0.4 is 0 Å². The highest BCUT2D eigenvalue weighted by molar-refractivity contribution is 7.80. The van der Waals surface area contributed by atoms with Gasteiger partial charge in [0, 0.05) is 28.4 Å². The molecule has 0 spiro atoms. The molecule has 1 fully saturated rings. The van der Waals surface area contributed by atoms with Gasteiger partial charge in [0.15, 0.2) is 12.0 Å². The molecular weight excluding hydrogens is 346 g/mol. The van der Waals surface area contributed by atoms with E-state index in [2.05, 4.69) is 23.3 Å². The number of para-hydroxylation sites is 1. The zero-order chi connectivity index (χ0) is 18.3. The Morgan fingerprint density at radius 1 is 1.19 bits per heavy atom. The predicted molar refractivity (Wildman–Crippen MR) is 104 cm³/mol. The summed E-state index contributed by atoms with van der Waals surface area (Å²) < 4.78 is 7.45. The van der Waals surface area contributed by atoms with Crippen LogP contribution in [0.3, 0.4) is 0 Å². The maximum atomic E-state index is 12.1. The van der Waals surface area contributed by atoms with Crippen LogP contribution in [0.5, 0.6) is 0 Å². The van der Waals surface area contributed by atoms with Crippen LogP contribution in [0, 0.1) is 11.5 Å². The lowest BCUT2D eigenvalue weighted by Crippen LogP contribution is -2.22. The Balaban J connectivity index is 1.87. The number of ether oxygens (including phenoxy) is 1. The van der Waals surface area contributed by atoms with Crippen LogP contribution in [-0.4, -0.2) is 20.5 Å². The van der Waals surface area contributed by atoms with E-state index in [4.69, 9.17) is 22.2 Å². The third-order valence-corrected chi connectivity index (χ3v) is 4.57. The van der Waals surface area contributed by atoms with Crippen molar-refractivity contribution in [1.29, 1.82) is 5.26 Å². The van der Waals surface area contributed by atoms with E-state index in [9.17, 15) is 4.79 Å². The number of aromatic nitrogens is 1. The number of nitriles is 1. The van der Waals surface area contributed by atoms with Crippen molar-refractivity contribution < 1.29 is 9.53 Å². The van der Waals surface area contributed by atoms with Crippen molar-refractivity contribution in [2.24, 2.45) is 0 Å². The molecule has 2 heterocycles. The second-order valence-electron chi connectivity index (χ2n) is 5.81. The number of rotatable bonds is 3. The normalized spacial score (nSPS) is 15.7. The van der Waals surface area contributed by atoms with Crippen molar-refractivity contribution in [3.8, 4) is 6.19 Å². The monoisotopic (exact) mass is 359 g/mol. The number of allylic oxidation sites excluding steroid dienone is 1. The van der Waals surface area contributed by atoms with E-state index >= 15 is 0 Å². The van der Waals surface area contributed by atoms with E-state index in [0.717, 1.165) is 32.3 Å². The summed E-state index contributed by atoms with van der Waals surface area (Å²) in [6.45, 7) is 4.54. The quantitative estimate of drug-likeness (QED) is 0.308. The summed E-state index contributed by atoms with van der Waals surface area (Å²) in [5.74, 6) is -0.502. The summed E-state index contributed by atoms with van der Waals surface area (Å²) in [5.41, 5.74) is 3.00. The standard InChI is InChI=1S/C20H13N3O2S/c1-2-9-22-16-6-4-3-5-14(16)15-10-13(7-8-17(15)22)11-18-19(24)23(12-21)20(26)25-18/h2-8,10-11H,1,9H2/b18-11+. The minimum Gasteiger partial charge on any atom is -0.425 e. The molecule has 1 aliphatic heterocycles. The first kappa shape index (κ1) is 16.1. The Morgan fingerprint density at radius 2 is 1.96 bits per heavy atom. The summed E-state index contributed by atoms with van der Waals surface area (Å²) in [6, 6.07) is 14.1. The van der Waals surface area contributed by atoms with Crippen LogP contribution in [0.1, 0.15) is 5.56 Å². The maximum Gasteiger partial charge on any atom is 0.310 e. The van der Waals surface area contributed by atoms with E-state index in [-0.39, 0.29) is 10.9 Å². The number of thiocarbonyl (C=S) groups is 1. The summed E-state index contributed by atoms with van der Waals surface area (Å²) in [5, 5.41) is 11.0. The number of hydrogen-bond donors (Lipinski definition) is 0. The molecule has 0 aliphatic carbocycles. The lowest BCUT2D eigenvalue weighted by molar-refractivity contribution is -0.120. The van der Waals surface area contributed by atoms with Gasteiger partial charge in [-0.3, -0.25) is 4.79 Å². The Labute approximate surface area is 155 Å². The van der Waals surface area contributed by atoms with Gasteiger partial charge in [-0.1, -0.05) is 30.3 Å². The molecule has 6 heteroatoms. The number of carbonyl (C=O) groups excluding carboxylic acids is 1. The molecule has 0 atom stereocenters. The van der Waals surface area contributed by atoms with Gasteiger partial charge in [-0.2, -0.15) is 10.2 Å². The smallest absolute Gasteiger partial charge is 0.310 e. The zero-order valence-corrected chi connectivity index (χ0v) is 14.5. The summed E-state index contributed by atoms with van der Waals surface area (Å²) >= 11 is 4.89. The molecule has 1 aromatic heterocycles. The van der Waals surface area contributed by atoms with Crippen molar-refractivity contribution in [3.63, 3.8) is 0 Å². The highest BCUT2D eigenvalue weighted by Crippen LogP contribution is 2.30. The van der Waals surface area contributed by atoms with Gasteiger partial charge in [0.1, 0.15) is 0 Å². The first-order valence-corrected chi connectivity index (χ1v) is 8.34. The summed E-state index contributed by atoms with van der Waals surface area (Å²) in [4.78, 5) is 12.9. The van der Waals surface area contributed by atoms with E-state index < -0.39 is 5.91 Å². The fourth-order valence-corrected chi connectivity index (χ4v) is 3.41. The molecule has 3 aromatic rings. The van der Waals surface area contributed by atoms with Gasteiger partial charge in [-0.05, 0) is 42.1 Å². The number of hydrogen-bond acceptors (Lipinski definition) is 4. The van der Waals surface area contributed by atoms with Crippen molar-refractivity contribution >= 4 is 51.2 Å². The molecule has 5 nitrogen and oxygen atoms in total. The third-order valence-electron chi connectivity index (χ3n) is 4.30. The Morgan fingerprint density at radius 3 is 2.69 bits per heavy atom. The van der Waals surface area contributed by atoms with Crippen LogP contribution in [-0.2, 0) is 16.1 Å². The number of carbonyl (C=O) groups is 1.